The number of halogens is 1. The van der Waals surface area contributed by atoms with Crippen LogP contribution in [0.1, 0.15) is 16.8 Å². The molecule has 1 saturated heterocycles. The lowest BCUT2D eigenvalue weighted by atomic mass is 10.1. The van der Waals surface area contributed by atoms with Crippen LogP contribution in [0.15, 0.2) is 18.2 Å². The van der Waals surface area contributed by atoms with Crippen LogP contribution in [0.25, 0.3) is 0 Å². The van der Waals surface area contributed by atoms with Gasteiger partial charge in [0.1, 0.15) is 5.69 Å². The monoisotopic (exact) mass is 328 g/mol. The number of carboxylic acids is 1. The molecule has 1 aliphatic rings. The molecule has 1 amide bonds. The van der Waals surface area contributed by atoms with Gasteiger partial charge >= 0.3 is 5.97 Å². The molecule has 1 N–H and O–H groups in total. The lowest BCUT2D eigenvalue weighted by Crippen LogP contribution is -2.25. The van der Waals surface area contributed by atoms with Gasteiger partial charge in [0, 0.05) is 23.9 Å². The Morgan fingerprint density at radius 3 is 2.68 bits per heavy atom. The van der Waals surface area contributed by atoms with Crippen LogP contribution in [-0.4, -0.2) is 33.3 Å². The highest BCUT2D eigenvalue weighted by Crippen LogP contribution is 2.33. The van der Waals surface area contributed by atoms with Crippen LogP contribution in [0.4, 0.5) is 11.4 Å². The Morgan fingerprint density at radius 2 is 2.21 bits per heavy atom. The van der Waals surface area contributed by atoms with Crippen molar-refractivity contribution in [3.05, 3.63) is 33.9 Å². The van der Waals surface area contributed by atoms with Crippen molar-refractivity contribution in [3.63, 3.8) is 0 Å². The summed E-state index contributed by atoms with van der Waals surface area (Å²) < 4.78 is 0. The molecule has 8 heteroatoms. The molecule has 0 saturated carbocycles. The number of nitro groups is 1. The summed E-state index contributed by atoms with van der Waals surface area (Å²) in [6.45, 7) is 0.325. The standard InChI is InChI=1S/C11H9BrN2O5/c12-7-4-10(15)13(5-7)8-2-1-6(11(16)17)3-9(8)14(18)19/h1-3,7H,4-5H2,(H,16,17). The second-order valence-electron chi connectivity index (χ2n) is 4.07. The quantitative estimate of drug-likeness (QED) is 0.518. The van der Waals surface area contributed by atoms with Gasteiger partial charge in [-0.25, -0.2) is 4.79 Å². The van der Waals surface area contributed by atoms with Crippen molar-refractivity contribution < 1.29 is 19.6 Å². The van der Waals surface area contributed by atoms with Gasteiger partial charge < -0.3 is 10.0 Å². The fourth-order valence-electron chi connectivity index (χ4n) is 1.93. The SMILES string of the molecule is O=C(O)c1ccc(N2CC(Br)CC2=O)c([N+](=O)[O-])c1. The third kappa shape index (κ3) is 2.58. The van der Waals surface area contributed by atoms with E-state index in [0.29, 0.717) is 6.54 Å². The molecule has 0 radical (unpaired) electrons. The molecule has 1 unspecified atom stereocenters. The average Bonchev–Trinajstić information content (AvgIpc) is 2.67. The summed E-state index contributed by atoms with van der Waals surface area (Å²) in [5.74, 6) is -1.48. The van der Waals surface area contributed by atoms with E-state index >= 15 is 0 Å². The molecule has 7 nitrogen and oxygen atoms in total. The highest BCUT2D eigenvalue weighted by atomic mass is 79.9. The molecule has 100 valence electrons. The van der Waals surface area contributed by atoms with Crippen LogP contribution in [0.2, 0.25) is 0 Å². The van der Waals surface area contributed by atoms with E-state index in [1.807, 2.05) is 0 Å². The van der Waals surface area contributed by atoms with Crippen molar-refractivity contribution >= 4 is 39.2 Å². The summed E-state index contributed by atoms with van der Waals surface area (Å²) in [6, 6.07) is 3.51. The average molecular weight is 329 g/mol. The number of benzene rings is 1. The van der Waals surface area contributed by atoms with Crippen molar-refractivity contribution in [1.82, 2.24) is 0 Å². The maximum absolute atomic E-state index is 11.7. The third-order valence-electron chi connectivity index (χ3n) is 2.79. The van der Waals surface area contributed by atoms with Crippen LogP contribution in [-0.2, 0) is 4.79 Å². The molecular weight excluding hydrogens is 320 g/mol. The number of carbonyl (C=O) groups excluding carboxylic acids is 1. The lowest BCUT2D eigenvalue weighted by Gasteiger charge is -2.16. The smallest absolute Gasteiger partial charge is 0.335 e. The Balaban J connectivity index is 2.48. The molecule has 0 spiro atoms. The molecular formula is C11H9BrN2O5. The van der Waals surface area contributed by atoms with Crippen molar-refractivity contribution in [2.24, 2.45) is 0 Å². The Bertz CT molecular complexity index is 574. The number of amides is 1. The summed E-state index contributed by atoms with van der Waals surface area (Å²) in [4.78, 5) is 34.1. The zero-order valence-corrected chi connectivity index (χ0v) is 11.2. The number of hydrogen-bond acceptors (Lipinski definition) is 4. The zero-order chi connectivity index (χ0) is 14.2. The normalized spacial score (nSPS) is 18.7. The van der Waals surface area contributed by atoms with E-state index in [-0.39, 0.29) is 34.1 Å². The van der Waals surface area contributed by atoms with Gasteiger partial charge in [-0.3, -0.25) is 14.9 Å². The number of nitrogens with zero attached hydrogens (tertiary/aromatic N) is 2. The Hall–Kier alpha value is -1.96. The lowest BCUT2D eigenvalue weighted by molar-refractivity contribution is -0.384. The van der Waals surface area contributed by atoms with Gasteiger partial charge in [0.25, 0.3) is 5.69 Å². The van der Waals surface area contributed by atoms with Crippen molar-refractivity contribution in [2.75, 3.05) is 11.4 Å². The second-order valence-corrected chi connectivity index (χ2v) is 5.37. The van der Waals surface area contributed by atoms with Crippen molar-refractivity contribution in [2.45, 2.75) is 11.2 Å². The first kappa shape index (κ1) is 13.5. The maximum Gasteiger partial charge on any atom is 0.335 e. The van der Waals surface area contributed by atoms with Gasteiger partial charge in [-0.15, -0.1) is 0 Å². The van der Waals surface area contributed by atoms with Crippen molar-refractivity contribution in [3.8, 4) is 0 Å². The molecule has 0 aromatic heterocycles. The molecule has 1 aromatic rings. The summed E-state index contributed by atoms with van der Waals surface area (Å²) in [6.07, 6.45) is 0.262. The third-order valence-corrected chi connectivity index (χ3v) is 3.40. The van der Waals surface area contributed by atoms with E-state index in [1.54, 1.807) is 0 Å². The minimum absolute atomic E-state index is 0.0567. The highest BCUT2D eigenvalue weighted by molar-refractivity contribution is 9.09. The molecule has 0 aliphatic carbocycles. The first-order valence-corrected chi connectivity index (χ1v) is 6.28. The fraction of sp³-hybridized carbons (Fsp3) is 0.273. The molecule has 0 bridgehead atoms. The Morgan fingerprint density at radius 1 is 1.53 bits per heavy atom. The van der Waals surface area contributed by atoms with E-state index < -0.39 is 10.9 Å². The van der Waals surface area contributed by atoms with Crippen LogP contribution < -0.4 is 4.90 Å². The molecule has 1 heterocycles. The number of alkyl halides is 1. The number of hydrogen-bond donors (Lipinski definition) is 1. The van der Waals surface area contributed by atoms with E-state index in [2.05, 4.69) is 15.9 Å². The summed E-state index contributed by atoms with van der Waals surface area (Å²) in [5.41, 5.74) is -0.436. The summed E-state index contributed by atoms with van der Waals surface area (Å²) in [5, 5.41) is 19.8. The first-order chi connectivity index (χ1) is 8.90. The van der Waals surface area contributed by atoms with Crippen LogP contribution in [0, 0.1) is 10.1 Å². The second kappa shape index (κ2) is 4.96. The fourth-order valence-corrected chi connectivity index (χ4v) is 2.49. The van der Waals surface area contributed by atoms with E-state index in [1.165, 1.54) is 17.0 Å². The van der Waals surface area contributed by atoms with Gasteiger partial charge in [0.15, 0.2) is 0 Å². The zero-order valence-electron chi connectivity index (χ0n) is 9.58. The molecule has 1 atom stereocenters. The van der Waals surface area contributed by atoms with Gasteiger partial charge in [-0.05, 0) is 12.1 Å². The minimum Gasteiger partial charge on any atom is -0.478 e. The minimum atomic E-state index is -1.25. The number of carbonyl (C=O) groups is 2. The van der Waals surface area contributed by atoms with Gasteiger partial charge in [0.05, 0.1) is 10.5 Å². The Kier molecular flexibility index (Phi) is 3.52. The summed E-state index contributed by atoms with van der Waals surface area (Å²) in [7, 11) is 0. The number of rotatable bonds is 3. The maximum atomic E-state index is 11.7. The largest absolute Gasteiger partial charge is 0.478 e. The van der Waals surface area contributed by atoms with E-state index in [9.17, 15) is 19.7 Å². The number of carboxylic acid groups (broad SMARTS) is 1. The molecule has 2 rings (SSSR count). The predicted molar refractivity (Wildman–Crippen MR) is 69.7 cm³/mol. The van der Waals surface area contributed by atoms with Gasteiger partial charge in [0.2, 0.25) is 5.91 Å². The number of anilines is 1. The van der Waals surface area contributed by atoms with Crippen LogP contribution >= 0.6 is 15.9 Å². The number of nitro benzene ring substituents is 1. The number of aromatic carboxylic acids is 1. The predicted octanol–water partition coefficient (Wildman–Crippen LogP) is 1.79. The van der Waals surface area contributed by atoms with E-state index in [0.717, 1.165) is 6.07 Å². The molecule has 1 aliphatic heterocycles. The van der Waals surface area contributed by atoms with E-state index in [4.69, 9.17) is 5.11 Å². The molecule has 1 fully saturated rings. The topological polar surface area (TPSA) is 101 Å². The molecule has 1 aromatic carbocycles. The summed E-state index contributed by atoms with van der Waals surface area (Å²) >= 11 is 3.29. The van der Waals surface area contributed by atoms with Gasteiger partial charge in [-0.2, -0.15) is 0 Å². The van der Waals surface area contributed by atoms with Crippen LogP contribution in [0.5, 0.6) is 0 Å². The Labute approximate surface area is 116 Å². The first-order valence-electron chi connectivity index (χ1n) is 5.36. The highest BCUT2D eigenvalue weighted by Gasteiger charge is 2.33. The van der Waals surface area contributed by atoms with Crippen molar-refractivity contribution in [1.29, 1.82) is 0 Å². The van der Waals surface area contributed by atoms with Crippen LogP contribution in [0.3, 0.4) is 0 Å². The molecule has 19 heavy (non-hydrogen) atoms. The van der Waals surface area contributed by atoms with Gasteiger partial charge in [-0.1, -0.05) is 15.9 Å².